The molecule has 1 N–H and O–H groups in total. The second kappa shape index (κ2) is 4.66. The standard InChI is InChI=1S/C13H21NO.ClH/c15-12-3-1-2-10-8-13(9-11(10)12)4-6-14-7-5-13;/h10-11,14H,1-9H2;1H. The first-order chi connectivity index (χ1) is 7.29. The van der Waals surface area contributed by atoms with E-state index in [4.69, 9.17) is 0 Å². The van der Waals surface area contributed by atoms with Gasteiger partial charge in [0, 0.05) is 12.3 Å². The molecule has 0 aromatic carbocycles. The van der Waals surface area contributed by atoms with Crippen LogP contribution in [0.15, 0.2) is 0 Å². The van der Waals surface area contributed by atoms with E-state index in [9.17, 15) is 4.79 Å². The van der Waals surface area contributed by atoms with Crippen molar-refractivity contribution in [2.24, 2.45) is 17.3 Å². The molecule has 1 spiro atoms. The summed E-state index contributed by atoms with van der Waals surface area (Å²) in [5.41, 5.74) is 0.556. The average molecular weight is 244 g/mol. The zero-order valence-corrected chi connectivity index (χ0v) is 10.7. The highest BCUT2D eigenvalue weighted by Crippen LogP contribution is 2.54. The molecule has 3 heteroatoms. The predicted molar refractivity (Wildman–Crippen MR) is 66.9 cm³/mol. The molecule has 0 amide bonds. The second-order valence-corrected chi connectivity index (χ2v) is 5.88. The molecule has 16 heavy (non-hydrogen) atoms. The van der Waals surface area contributed by atoms with Gasteiger partial charge in [-0.3, -0.25) is 4.79 Å². The lowest BCUT2D eigenvalue weighted by molar-refractivity contribution is -0.125. The van der Waals surface area contributed by atoms with Crippen LogP contribution in [0.3, 0.4) is 0 Å². The van der Waals surface area contributed by atoms with Crippen LogP contribution in [-0.4, -0.2) is 18.9 Å². The minimum atomic E-state index is 0. The summed E-state index contributed by atoms with van der Waals surface area (Å²) in [6.07, 6.45) is 8.55. The monoisotopic (exact) mass is 243 g/mol. The smallest absolute Gasteiger partial charge is 0.136 e. The largest absolute Gasteiger partial charge is 0.317 e. The van der Waals surface area contributed by atoms with Crippen molar-refractivity contribution in [1.82, 2.24) is 5.32 Å². The highest BCUT2D eigenvalue weighted by molar-refractivity contribution is 5.85. The molecule has 3 fully saturated rings. The quantitative estimate of drug-likeness (QED) is 0.709. The fourth-order valence-electron chi connectivity index (χ4n) is 4.18. The Morgan fingerprint density at radius 1 is 1.19 bits per heavy atom. The zero-order valence-electron chi connectivity index (χ0n) is 9.84. The van der Waals surface area contributed by atoms with Gasteiger partial charge >= 0.3 is 0 Å². The molecule has 3 rings (SSSR count). The number of carbonyl (C=O) groups is 1. The topological polar surface area (TPSA) is 29.1 Å². The fraction of sp³-hybridized carbons (Fsp3) is 0.923. The molecule has 1 heterocycles. The Balaban J connectivity index is 0.000000963. The molecule has 2 unspecified atom stereocenters. The summed E-state index contributed by atoms with van der Waals surface area (Å²) in [4.78, 5) is 11.9. The molecule has 0 aromatic rings. The minimum absolute atomic E-state index is 0. The summed E-state index contributed by atoms with van der Waals surface area (Å²) in [6.45, 7) is 2.35. The first kappa shape index (κ1) is 12.4. The first-order valence-corrected chi connectivity index (χ1v) is 6.53. The number of hydrogen-bond acceptors (Lipinski definition) is 2. The number of nitrogens with one attached hydrogen (secondary N) is 1. The number of Topliss-reactive ketones (excluding diaryl/α,β-unsaturated/α-hetero) is 1. The van der Waals surface area contributed by atoms with Crippen molar-refractivity contribution in [3.63, 3.8) is 0 Å². The third kappa shape index (κ3) is 2.02. The molecule has 0 aromatic heterocycles. The number of carbonyl (C=O) groups excluding carboxylic acids is 1. The average Bonchev–Trinajstić information content (AvgIpc) is 2.59. The van der Waals surface area contributed by atoms with Crippen LogP contribution < -0.4 is 5.32 Å². The Kier molecular flexibility index (Phi) is 3.60. The van der Waals surface area contributed by atoms with Gasteiger partial charge in [0.2, 0.25) is 0 Å². The van der Waals surface area contributed by atoms with Crippen molar-refractivity contribution in [1.29, 1.82) is 0 Å². The molecule has 2 aliphatic carbocycles. The Bertz CT molecular complexity index is 273. The van der Waals surface area contributed by atoms with E-state index in [2.05, 4.69) is 5.32 Å². The van der Waals surface area contributed by atoms with Gasteiger partial charge in [0.15, 0.2) is 0 Å². The molecule has 2 saturated carbocycles. The number of hydrogen-bond donors (Lipinski definition) is 1. The Morgan fingerprint density at radius 3 is 2.62 bits per heavy atom. The Morgan fingerprint density at radius 2 is 1.94 bits per heavy atom. The number of fused-ring (bicyclic) bond motifs is 1. The summed E-state index contributed by atoms with van der Waals surface area (Å²) in [6, 6.07) is 0. The van der Waals surface area contributed by atoms with E-state index in [1.165, 1.54) is 45.2 Å². The molecule has 0 bridgehead atoms. The number of rotatable bonds is 0. The van der Waals surface area contributed by atoms with E-state index >= 15 is 0 Å². The summed E-state index contributed by atoms with van der Waals surface area (Å²) in [5, 5.41) is 3.44. The van der Waals surface area contributed by atoms with Crippen LogP contribution in [0.1, 0.15) is 44.9 Å². The van der Waals surface area contributed by atoms with Crippen LogP contribution in [0.5, 0.6) is 0 Å². The molecule has 2 atom stereocenters. The number of halogens is 1. The Hall–Kier alpha value is -0.0800. The van der Waals surface area contributed by atoms with Gasteiger partial charge in [-0.15, -0.1) is 12.4 Å². The van der Waals surface area contributed by atoms with E-state index in [1.807, 2.05) is 0 Å². The molecule has 92 valence electrons. The van der Waals surface area contributed by atoms with Crippen LogP contribution in [0.2, 0.25) is 0 Å². The van der Waals surface area contributed by atoms with Gasteiger partial charge in [-0.25, -0.2) is 0 Å². The SMILES string of the molecule is Cl.O=C1CCCC2CC3(CCNCC3)CC12. The van der Waals surface area contributed by atoms with Crippen LogP contribution >= 0.6 is 12.4 Å². The van der Waals surface area contributed by atoms with E-state index in [0.717, 1.165) is 18.8 Å². The fourth-order valence-corrected chi connectivity index (χ4v) is 4.18. The van der Waals surface area contributed by atoms with Crippen LogP contribution in [-0.2, 0) is 4.79 Å². The van der Waals surface area contributed by atoms with Crippen molar-refractivity contribution in [2.75, 3.05) is 13.1 Å². The highest BCUT2D eigenvalue weighted by Gasteiger charge is 2.48. The molecule has 1 saturated heterocycles. The first-order valence-electron chi connectivity index (χ1n) is 6.53. The van der Waals surface area contributed by atoms with Gasteiger partial charge in [-0.2, -0.15) is 0 Å². The molecular weight excluding hydrogens is 222 g/mol. The highest BCUT2D eigenvalue weighted by atomic mass is 35.5. The summed E-state index contributed by atoms with van der Waals surface area (Å²) in [7, 11) is 0. The van der Waals surface area contributed by atoms with Gasteiger partial charge in [0.25, 0.3) is 0 Å². The Labute approximate surface area is 104 Å². The maximum Gasteiger partial charge on any atom is 0.136 e. The van der Waals surface area contributed by atoms with Gasteiger partial charge < -0.3 is 5.32 Å². The van der Waals surface area contributed by atoms with E-state index in [-0.39, 0.29) is 12.4 Å². The second-order valence-electron chi connectivity index (χ2n) is 5.88. The summed E-state index contributed by atoms with van der Waals surface area (Å²) in [5.74, 6) is 1.79. The normalized spacial score (nSPS) is 36.9. The van der Waals surface area contributed by atoms with E-state index < -0.39 is 0 Å². The van der Waals surface area contributed by atoms with Crippen molar-refractivity contribution in [2.45, 2.75) is 44.9 Å². The van der Waals surface area contributed by atoms with Crippen molar-refractivity contribution < 1.29 is 4.79 Å². The molecular formula is C13H22ClNO. The van der Waals surface area contributed by atoms with Gasteiger partial charge in [-0.05, 0) is 62.9 Å². The van der Waals surface area contributed by atoms with Gasteiger partial charge in [-0.1, -0.05) is 0 Å². The number of piperidine rings is 1. The lowest BCUT2D eigenvalue weighted by Crippen LogP contribution is -2.35. The number of ketones is 1. The molecule has 3 aliphatic rings. The summed E-state index contributed by atoms with van der Waals surface area (Å²) >= 11 is 0. The van der Waals surface area contributed by atoms with Crippen molar-refractivity contribution in [3.8, 4) is 0 Å². The lowest BCUT2D eigenvalue weighted by atomic mass is 9.76. The predicted octanol–water partition coefficient (Wildman–Crippen LogP) is 2.56. The lowest BCUT2D eigenvalue weighted by Gasteiger charge is -2.34. The molecule has 2 nitrogen and oxygen atoms in total. The van der Waals surface area contributed by atoms with E-state index in [1.54, 1.807) is 0 Å². The molecule has 1 aliphatic heterocycles. The maximum atomic E-state index is 11.9. The van der Waals surface area contributed by atoms with E-state index in [0.29, 0.717) is 17.1 Å². The van der Waals surface area contributed by atoms with Gasteiger partial charge in [0.1, 0.15) is 5.78 Å². The van der Waals surface area contributed by atoms with Crippen LogP contribution in [0.25, 0.3) is 0 Å². The third-order valence-electron chi connectivity index (χ3n) is 4.99. The third-order valence-corrected chi connectivity index (χ3v) is 4.99. The van der Waals surface area contributed by atoms with Crippen molar-refractivity contribution in [3.05, 3.63) is 0 Å². The van der Waals surface area contributed by atoms with Crippen LogP contribution in [0, 0.1) is 17.3 Å². The molecule has 0 radical (unpaired) electrons. The minimum Gasteiger partial charge on any atom is -0.317 e. The van der Waals surface area contributed by atoms with Gasteiger partial charge in [0.05, 0.1) is 0 Å². The maximum absolute atomic E-state index is 11.9. The summed E-state index contributed by atoms with van der Waals surface area (Å²) < 4.78 is 0. The zero-order chi connectivity index (χ0) is 10.3. The van der Waals surface area contributed by atoms with Crippen LogP contribution in [0.4, 0.5) is 0 Å². The van der Waals surface area contributed by atoms with Crippen molar-refractivity contribution >= 4 is 18.2 Å².